The van der Waals surface area contributed by atoms with E-state index in [9.17, 15) is 5.11 Å². The van der Waals surface area contributed by atoms with Gasteiger partial charge in [-0.2, -0.15) is 0 Å². The number of aliphatic hydroxyl groups is 1. The lowest BCUT2D eigenvalue weighted by Crippen LogP contribution is -2.31. The van der Waals surface area contributed by atoms with Gasteiger partial charge in [0.15, 0.2) is 0 Å². The summed E-state index contributed by atoms with van der Waals surface area (Å²) in [4.78, 5) is 2.43. The fraction of sp³-hybridized carbons (Fsp3) is 0.647. The van der Waals surface area contributed by atoms with Crippen LogP contribution >= 0.6 is 0 Å². The summed E-state index contributed by atoms with van der Waals surface area (Å²) in [5, 5.41) is 10.4. The molecule has 1 unspecified atom stereocenters. The van der Waals surface area contributed by atoms with Crippen LogP contribution in [0.4, 0.5) is 0 Å². The first-order valence-electron chi connectivity index (χ1n) is 7.64. The Labute approximate surface area is 117 Å². The van der Waals surface area contributed by atoms with Crippen molar-refractivity contribution in [1.29, 1.82) is 0 Å². The minimum atomic E-state index is -0.349. The van der Waals surface area contributed by atoms with E-state index in [2.05, 4.69) is 36.9 Å². The van der Waals surface area contributed by atoms with E-state index in [1.165, 1.54) is 43.2 Å². The maximum absolute atomic E-state index is 10.4. The van der Waals surface area contributed by atoms with Gasteiger partial charge < -0.3 is 10.0 Å². The Bertz CT molecular complexity index is 374. The first-order valence-corrected chi connectivity index (χ1v) is 7.64. The molecule has 1 aromatic rings. The predicted octanol–water partition coefficient (Wildman–Crippen LogP) is 3.60. The summed E-state index contributed by atoms with van der Waals surface area (Å²) in [6.45, 7) is 7.26. The van der Waals surface area contributed by atoms with E-state index >= 15 is 0 Å². The Balaban J connectivity index is 1.96. The van der Waals surface area contributed by atoms with E-state index in [1.807, 2.05) is 0 Å². The van der Waals surface area contributed by atoms with Crippen LogP contribution in [-0.2, 0) is 0 Å². The zero-order valence-electron chi connectivity index (χ0n) is 12.4. The third-order valence-electron chi connectivity index (χ3n) is 4.01. The molecule has 106 valence electrons. The van der Waals surface area contributed by atoms with E-state index in [4.69, 9.17) is 0 Å². The second-order valence-electron chi connectivity index (χ2n) is 6.01. The Morgan fingerprint density at radius 1 is 0.947 bits per heavy atom. The molecular formula is C17H27NO. The maximum atomic E-state index is 10.4. The van der Waals surface area contributed by atoms with Gasteiger partial charge in [0.1, 0.15) is 0 Å². The van der Waals surface area contributed by atoms with Gasteiger partial charge in [0.25, 0.3) is 0 Å². The van der Waals surface area contributed by atoms with Crippen molar-refractivity contribution in [3.63, 3.8) is 0 Å². The van der Waals surface area contributed by atoms with E-state index in [0.717, 1.165) is 25.2 Å². The molecule has 1 heterocycles. The average Bonchev–Trinajstić information content (AvgIpc) is 2.31. The summed E-state index contributed by atoms with van der Waals surface area (Å²) in [6, 6.07) is 6.38. The van der Waals surface area contributed by atoms with E-state index < -0.39 is 0 Å². The van der Waals surface area contributed by atoms with E-state index in [1.54, 1.807) is 0 Å². The standard InChI is InChI=1S/C17H27NO/c1-14-10-15(2)12-16(11-14)17(19)13-18-8-6-4-3-5-7-9-18/h10-12,17,19H,3-9,13H2,1-2H3. The van der Waals surface area contributed by atoms with Crippen LogP contribution in [0, 0.1) is 13.8 Å². The molecular weight excluding hydrogens is 234 g/mol. The number of hydrogen-bond donors (Lipinski definition) is 1. The normalized spacial score (nSPS) is 19.7. The molecule has 1 saturated heterocycles. The number of rotatable bonds is 3. The van der Waals surface area contributed by atoms with Crippen LogP contribution in [0.1, 0.15) is 54.9 Å². The highest BCUT2D eigenvalue weighted by atomic mass is 16.3. The molecule has 0 saturated carbocycles. The lowest BCUT2D eigenvalue weighted by Gasteiger charge is -2.27. The minimum Gasteiger partial charge on any atom is -0.387 e. The largest absolute Gasteiger partial charge is 0.387 e. The van der Waals surface area contributed by atoms with Crippen molar-refractivity contribution in [2.75, 3.05) is 19.6 Å². The Morgan fingerprint density at radius 2 is 1.47 bits per heavy atom. The molecule has 2 heteroatoms. The SMILES string of the molecule is Cc1cc(C)cc(C(O)CN2CCCCCCC2)c1. The highest BCUT2D eigenvalue weighted by Gasteiger charge is 2.15. The molecule has 1 atom stereocenters. The zero-order chi connectivity index (χ0) is 13.7. The van der Waals surface area contributed by atoms with Gasteiger partial charge in [-0.1, -0.05) is 48.6 Å². The molecule has 0 aromatic heterocycles. The van der Waals surface area contributed by atoms with Gasteiger partial charge in [-0.3, -0.25) is 0 Å². The van der Waals surface area contributed by atoms with Crippen molar-refractivity contribution < 1.29 is 5.11 Å². The van der Waals surface area contributed by atoms with Crippen molar-refractivity contribution in [3.05, 3.63) is 34.9 Å². The number of nitrogens with zero attached hydrogens (tertiary/aromatic N) is 1. The number of benzene rings is 1. The Kier molecular flexibility index (Phi) is 5.41. The maximum Gasteiger partial charge on any atom is 0.0917 e. The second-order valence-corrected chi connectivity index (χ2v) is 6.01. The molecule has 0 aliphatic carbocycles. The summed E-state index contributed by atoms with van der Waals surface area (Å²) < 4.78 is 0. The van der Waals surface area contributed by atoms with Crippen LogP contribution < -0.4 is 0 Å². The van der Waals surface area contributed by atoms with Gasteiger partial charge in [-0.15, -0.1) is 0 Å². The van der Waals surface area contributed by atoms with E-state index in [-0.39, 0.29) is 6.10 Å². The number of aliphatic hydroxyl groups excluding tert-OH is 1. The van der Waals surface area contributed by atoms with Crippen LogP contribution in [0.2, 0.25) is 0 Å². The first kappa shape index (κ1) is 14.5. The van der Waals surface area contributed by atoms with Gasteiger partial charge in [0.05, 0.1) is 6.10 Å². The number of β-amino-alcohol motifs (C(OH)–C–C–N with tert-alkyl or cyclic N) is 1. The molecule has 2 rings (SSSR count). The Hall–Kier alpha value is -0.860. The average molecular weight is 261 g/mol. The van der Waals surface area contributed by atoms with Gasteiger partial charge in [0, 0.05) is 6.54 Å². The minimum absolute atomic E-state index is 0.349. The summed E-state index contributed by atoms with van der Waals surface area (Å²) in [6.07, 6.45) is 6.27. The molecule has 0 spiro atoms. The van der Waals surface area contributed by atoms with Crippen LogP contribution in [0.5, 0.6) is 0 Å². The molecule has 2 nitrogen and oxygen atoms in total. The van der Waals surface area contributed by atoms with Crippen LogP contribution in [0.3, 0.4) is 0 Å². The molecule has 0 amide bonds. The van der Waals surface area contributed by atoms with Crippen molar-refractivity contribution in [1.82, 2.24) is 4.90 Å². The summed E-state index contributed by atoms with van der Waals surface area (Å²) in [5.74, 6) is 0. The fourth-order valence-corrected chi connectivity index (χ4v) is 3.05. The van der Waals surface area contributed by atoms with E-state index in [0.29, 0.717) is 0 Å². The summed E-state index contributed by atoms with van der Waals surface area (Å²) >= 11 is 0. The van der Waals surface area contributed by atoms with Crippen LogP contribution in [0.15, 0.2) is 18.2 Å². The first-order chi connectivity index (χ1) is 9.15. The van der Waals surface area contributed by atoms with Gasteiger partial charge in [-0.25, -0.2) is 0 Å². The van der Waals surface area contributed by atoms with Gasteiger partial charge in [0.2, 0.25) is 0 Å². The molecule has 1 aliphatic heterocycles. The monoisotopic (exact) mass is 261 g/mol. The molecule has 1 N–H and O–H groups in total. The van der Waals surface area contributed by atoms with Crippen molar-refractivity contribution in [3.8, 4) is 0 Å². The van der Waals surface area contributed by atoms with Crippen molar-refractivity contribution >= 4 is 0 Å². The zero-order valence-corrected chi connectivity index (χ0v) is 12.4. The summed E-state index contributed by atoms with van der Waals surface area (Å²) in [5.41, 5.74) is 3.54. The number of likely N-dealkylation sites (tertiary alicyclic amines) is 1. The van der Waals surface area contributed by atoms with Crippen LogP contribution in [-0.4, -0.2) is 29.6 Å². The van der Waals surface area contributed by atoms with Crippen LogP contribution in [0.25, 0.3) is 0 Å². The molecule has 19 heavy (non-hydrogen) atoms. The van der Waals surface area contributed by atoms with Gasteiger partial charge in [-0.05, 0) is 45.3 Å². The molecule has 1 fully saturated rings. The molecule has 0 bridgehead atoms. The lowest BCUT2D eigenvalue weighted by molar-refractivity contribution is 0.108. The highest BCUT2D eigenvalue weighted by molar-refractivity contribution is 5.30. The quantitative estimate of drug-likeness (QED) is 0.898. The fourth-order valence-electron chi connectivity index (χ4n) is 3.05. The van der Waals surface area contributed by atoms with Crippen molar-refractivity contribution in [2.45, 2.75) is 52.1 Å². The van der Waals surface area contributed by atoms with Crippen molar-refractivity contribution in [2.24, 2.45) is 0 Å². The smallest absolute Gasteiger partial charge is 0.0917 e. The Morgan fingerprint density at radius 3 is 2.05 bits per heavy atom. The highest BCUT2D eigenvalue weighted by Crippen LogP contribution is 2.19. The number of hydrogen-bond acceptors (Lipinski definition) is 2. The molecule has 0 radical (unpaired) electrons. The lowest BCUT2D eigenvalue weighted by atomic mass is 10.0. The molecule has 1 aliphatic rings. The van der Waals surface area contributed by atoms with Gasteiger partial charge >= 0.3 is 0 Å². The number of aryl methyl sites for hydroxylation is 2. The summed E-state index contributed by atoms with van der Waals surface area (Å²) in [7, 11) is 0. The predicted molar refractivity (Wildman–Crippen MR) is 80.4 cm³/mol. The topological polar surface area (TPSA) is 23.5 Å². The third-order valence-corrected chi connectivity index (χ3v) is 4.01. The molecule has 1 aromatic carbocycles. The second kappa shape index (κ2) is 7.06. The third kappa shape index (κ3) is 4.63.